The molecule has 2 aliphatic carbocycles. The maximum Gasteiger partial charge on any atom is 0.114 e. The average Bonchev–Trinajstić information content (AvgIpc) is 3.79. The first-order valence-corrected chi connectivity index (χ1v) is 17.3. The molecule has 1 aromatic heterocycles. The van der Waals surface area contributed by atoms with E-state index in [1.165, 1.54) is 72.3 Å². The van der Waals surface area contributed by atoms with E-state index >= 15 is 0 Å². The number of aromatic nitrogens is 2. The minimum absolute atomic E-state index is 0.327. The molecule has 0 bridgehead atoms. The van der Waals surface area contributed by atoms with E-state index in [4.69, 9.17) is 4.98 Å². The molecular formula is C47H34N2. The van der Waals surface area contributed by atoms with Crippen LogP contribution in [0.3, 0.4) is 0 Å². The summed E-state index contributed by atoms with van der Waals surface area (Å²) < 4.78 is 2.30. The lowest BCUT2D eigenvalue weighted by molar-refractivity contribution is 0.794. The smallest absolute Gasteiger partial charge is 0.114 e. The van der Waals surface area contributed by atoms with Crippen LogP contribution in [0.25, 0.3) is 61.2 Å². The summed E-state index contributed by atoms with van der Waals surface area (Å²) in [6.45, 7) is 4.39. The van der Waals surface area contributed by atoms with Gasteiger partial charge in [0.2, 0.25) is 0 Å². The Morgan fingerprint density at radius 1 is 0.490 bits per heavy atom. The summed E-state index contributed by atoms with van der Waals surface area (Å²) in [5, 5.41) is 0. The van der Waals surface area contributed by atoms with Gasteiger partial charge in [-0.1, -0.05) is 134 Å². The molecule has 0 saturated heterocycles. The van der Waals surface area contributed by atoms with E-state index in [2.05, 4.69) is 176 Å². The summed E-state index contributed by atoms with van der Waals surface area (Å²) >= 11 is 0. The van der Waals surface area contributed by atoms with Crippen molar-refractivity contribution in [2.45, 2.75) is 25.7 Å². The van der Waals surface area contributed by atoms with E-state index in [-0.39, 0.29) is 5.41 Å². The molecule has 2 aliphatic rings. The van der Waals surface area contributed by atoms with Gasteiger partial charge in [0.1, 0.15) is 5.82 Å². The highest BCUT2D eigenvalue weighted by atomic mass is 15.1. The zero-order chi connectivity index (χ0) is 32.7. The number of aryl methyl sites for hydroxylation is 2. The number of rotatable bonds is 4. The Hall–Kier alpha value is -5.99. The fourth-order valence-electron chi connectivity index (χ4n) is 8.83. The van der Waals surface area contributed by atoms with Gasteiger partial charge in [-0.15, -0.1) is 0 Å². The van der Waals surface area contributed by atoms with Gasteiger partial charge in [0.15, 0.2) is 0 Å². The number of fused-ring (bicyclic) bond motifs is 11. The molecule has 0 amide bonds. The summed E-state index contributed by atoms with van der Waals surface area (Å²) in [5.74, 6) is 1.08. The van der Waals surface area contributed by atoms with Gasteiger partial charge in [-0.3, -0.25) is 4.57 Å². The van der Waals surface area contributed by atoms with Gasteiger partial charge in [-0.25, -0.2) is 4.98 Å². The molecule has 0 fully saturated rings. The molecule has 8 aromatic rings. The number of benzene rings is 7. The molecular weight excluding hydrogens is 593 g/mol. The maximum atomic E-state index is 4.90. The largest absolute Gasteiger partial charge is 0.296 e. The summed E-state index contributed by atoms with van der Waals surface area (Å²) in [7, 11) is 0. The molecule has 49 heavy (non-hydrogen) atoms. The molecule has 0 N–H and O–H groups in total. The van der Waals surface area contributed by atoms with Crippen molar-refractivity contribution in [3.63, 3.8) is 0 Å². The quantitative estimate of drug-likeness (QED) is 0.190. The first kappa shape index (κ1) is 28.1. The predicted molar refractivity (Wildman–Crippen MR) is 202 cm³/mol. The van der Waals surface area contributed by atoms with Gasteiger partial charge in [0.05, 0.1) is 16.4 Å². The fraction of sp³-hybridized carbons (Fsp3) is 0.0851. The van der Waals surface area contributed by atoms with Gasteiger partial charge in [0.25, 0.3) is 0 Å². The Bertz CT molecular complexity index is 2540. The number of imidazole rings is 1. The van der Waals surface area contributed by atoms with E-state index in [9.17, 15) is 0 Å². The van der Waals surface area contributed by atoms with Crippen LogP contribution in [0.2, 0.25) is 0 Å². The first-order chi connectivity index (χ1) is 24.2. The Morgan fingerprint density at radius 3 is 1.65 bits per heavy atom. The molecule has 2 heteroatoms. The Kier molecular flexibility index (Phi) is 6.02. The zero-order valence-electron chi connectivity index (χ0n) is 27.6. The molecule has 0 unspecified atom stereocenters. The molecule has 7 aromatic carbocycles. The summed E-state index contributed by atoms with van der Waals surface area (Å²) in [4.78, 5) is 4.90. The Morgan fingerprint density at radius 2 is 1.02 bits per heavy atom. The Balaban J connectivity index is 1.06. The number of hydrogen-bond acceptors (Lipinski definition) is 1. The first-order valence-electron chi connectivity index (χ1n) is 17.3. The number of para-hydroxylation sites is 2. The number of hydrogen-bond donors (Lipinski definition) is 0. The second-order valence-electron chi connectivity index (χ2n) is 13.4. The molecule has 1 heterocycles. The van der Waals surface area contributed by atoms with Gasteiger partial charge in [0, 0.05) is 12.1 Å². The third-order valence-electron chi connectivity index (χ3n) is 10.9. The molecule has 1 spiro atoms. The molecule has 0 saturated carbocycles. The lowest BCUT2D eigenvalue weighted by Crippen LogP contribution is -2.25. The van der Waals surface area contributed by atoms with E-state index < -0.39 is 0 Å². The average molecular weight is 627 g/mol. The van der Waals surface area contributed by atoms with Crippen LogP contribution in [-0.2, 0) is 11.8 Å². The second-order valence-corrected chi connectivity index (χ2v) is 13.4. The van der Waals surface area contributed by atoms with E-state index in [1.54, 1.807) is 0 Å². The summed E-state index contributed by atoms with van der Waals surface area (Å²) in [6.07, 6.45) is 0.881. The molecule has 232 valence electrons. The SMILES string of the molecule is CCc1nc2ccccc2n1-c1ccc(-c2ccc(-c3ccc4c(c3)C3(c5ccccc5-c5ccccc53)c3ccccc3-4)cc2)c(C)c1. The summed E-state index contributed by atoms with van der Waals surface area (Å²) in [6, 6.07) is 58.5. The van der Waals surface area contributed by atoms with Crippen LogP contribution in [0.1, 0.15) is 40.6 Å². The second kappa shape index (κ2) is 10.5. The van der Waals surface area contributed by atoms with E-state index in [1.807, 2.05) is 0 Å². The molecule has 2 nitrogen and oxygen atoms in total. The topological polar surface area (TPSA) is 17.8 Å². The monoisotopic (exact) mass is 626 g/mol. The van der Waals surface area contributed by atoms with E-state index in [0.717, 1.165) is 29.0 Å². The predicted octanol–water partition coefficient (Wildman–Crippen LogP) is 11.6. The third-order valence-corrected chi connectivity index (χ3v) is 10.9. The van der Waals surface area contributed by atoms with Crippen molar-refractivity contribution in [3.8, 4) is 50.2 Å². The van der Waals surface area contributed by atoms with Gasteiger partial charge >= 0.3 is 0 Å². The standard InChI is InChI=1S/C47H34N2/c1-3-46-48-44-18-10-11-19-45(44)49(46)34-25-27-35(30(2)28-34)32-22-20-31(21-23-32)33-24-26-39-38-14-6-9-17-42(38)47(43(39)29-33)40-15-7-4-12-36(40)37-13-5-8-16-41(37)47/h4-29H,3H2,1-2H3. The van der Waals surface area contributed by atoms with Gasteiger partial charge in [-0.2, -0.15) is 0 Å². The zero-order valence-corrected chi connectivity index (χ0v) is 27.6. The highest BCUT2D eigenvalue weighted by Gasteiger charge is 2.51. The molecule has 0 radical (unpaired) electrons. The minimum Gasteiger partial charge on any atom is -0.296 e. The van der Waals surface area contributed by atoms with Crippen molar-refractivity contribution in [1.82, 2.24) is 9.55 Å². The van der Waals surface area contributed by atoms with Crippen LogP contribution in [0, 0.1) is 6.92 Å². The van der Waals surface area contributed by atoms with Crippen LogP contribution in [-0.4, -0.2) is 9.55 Å². The summed E-state index contributed by atoms with van der Waals surface area (Å²) in [5.41, 5.74) is 20.1. The van der Waals surface area contributed by atoms with Crippen molar-refractivity contribution >= 4 is 11.0 Å². The van der Waals surface area contributed by atoms with Gasteiger partial charge in [-0.05, 0) is 110 Å². The Labute approximate surface area is 287 Å². The lowest BCUT2D eigenvalue weighted by Gasteiger charge is -2.30. The van der Waals surface area contributed by atoms with Crippen LogP contribution in [0.4, 0.5) is 0 Å². The van der Waals surface area contributed by atoms with E-state index in [0.29, 0.717) is 0 Å². The fourth-order valence-corrected chi connectivity index (χ4v) is 8.83. The van der Waals surface area contributed by atoms with Crippen molar-refractivity contribution in [2.24, 2.45) is 0 Å². The molecule has 10 rings (SSSR count). The number of nitrogens with zero attached hydrogens (tertiary/aromatic N) is 2. The maximum absolute atomic E-state index is 4.90. The highest BCUT2D eigenvalue weighted by Crippen LogP contribution is 2.63. The molecule has 0 aliphatic heterocycles. The highest BCUT2D eigenvalue weighted by molar-refractivity contribution is 5.96. The van der Waals surface area contributed by atoms with Crippen molar-refractivity contribution in [1.29, 1.82) is 0 Å². The van der Waals surface area contributed by atoms with Gasteiger partial charge < -0.3 is 0 Å². The van der Waals surface area contributed by atoms with Crippen LogP contribution < -0.4 is 0 Å². The third kappa shape index (κ3) is 3.86. The van der Waals surface area contributed by atoms with Crippen molar-refractivity contribution in [2.75, 3.05) is 0 Å². The van der Waals surface area contributed by atoms with Crippen molar-refractivity contribution < 1.29 is 0 Å². The van der Waals surface area contributed by atoms with Crippen LogP contribution in [0.15, 0.2) is 158 Å². The minimum atomic E-state index is -0.327. The lowest BCUT2D eigenvalue weighted by atomic mass is 9.70. The van der Waals surface area contributed by atoms with Crippen molar-refractivity contribution in [3.05, 3.63) is 191 Å². The normalized spacial score (nSPS) is 13.3. The van der Waals surface area contributed by atoms with Crippen LogP contribution in [0.5, 0.6) is 0 Å². The molecule has 0 atom stereocenters. The van der Waals surface area contributed by atoms with Crippen LogP contribution >= 0.6 is 0 Å².